The summed E-state index contributed by atoms with van der Waals surface area (Å²) in [5, 5.41) is 0. The molecule has 0 aromatic rings. The molecule has 0 aliphatic heterocycles. The zero-order valence-corrected chi connectivity index (χ0v) is 6.69. The Morgan fingerprint density at radius 2 is 2.22 bits per heavy atom. The molecule has 3 heteroatoms. The summed E-state index contributed by atoms with van der Waals surface area (Å²) >= 11 is 4.06. The third-order valence-electron chi connectivity index (χ3n) is 1.46. The Morgan fingerprint density at radius 1 is 1.78 bits per heavy atom. The van der Waals surface area contributed by atoms with Gasteiger partial charge in [-0.3, -0.25) is 0 Å². The Bertz CT molecular complexity index is 103. The van der Waals surface area contributed by atoms with Gasteiger partial charge in [-0.2, -0.15) is 12.6 Å². The molecule has 54 valence electrons. The predicted molar refractivity (Wildman–Crippen MR) is 41.7 cm³/mol. The van der Waals surface area contributed by atoms with Crippen molar-refractivity contribution in [3.05, 3.63) is 0 Å². The first-order chi connectivity index (χ1) is 4.04. The molecular weight excluding hydrogens is 134 g/mol. The van der Waals surface area contributed by atoms with Gasteiger partial charge in [-0.25, -0.2) is 0 Å². The molecule has 0 aliphatic rings. The lowest BCUT2D eigenvalue weighted by Gasteiger charge is -2.24. The maximum absolute atomic E-state index is 10.2. The maximum Gasteiger partial charge on any atom is 0.137 e. The normalized spacial score (nSPS) is 15.1. The molecule has 1 atom stereocenters. The van der Waals surface area contributed by atoms with E-state index in [1.807, 2.05) is 13.8 Å². The van der Waals surface area contributed by atoms with Crippen molar-refractivity contribution >= 4 is 18.9 Å². The van der Waals surface area contributed by atoms with Gasteiger partial charge in [-0.1, -0.05) is 13.8 Å². The summed E-state index contributed by atoms with van der Waals surface area (Å²) in [4.78, 5) is 10.2. The topological polar surface area (TPSA) is 43.1 Å². The van der Waals surface area contributed by atoms with Gasteiger partial charge in [0, 0.05) is 0 Å². The third kappa shape index (κ3) is 2.37. The molecule has 0 saturated carbocycles. The second-order valence-electron chi connectivity index (χ2n) is 2.81. The monoisotopic (exact) mass is 147 g/mol. The van der Waals surface area contributed by atoms with E-state index in [-0.39, 0.29) is 5.41 Å². The molecule has 0 rings (SSSR count). The molecule has 2 N–H and O–H groups in total. The second-order valence-corrected chi connectivity index (χ2v) is 3.12. The standard InChI is InChI=1S/C6H13NOS/c1-6(2,4-9)5(7)3-8/h3,5,9H,4,7H2,1-2H3. The fourth-order valence-electron chi connectivity index (χ4n) is 0.290. The van der Waals surface area contributed by atoms with E-state index in [0.29, 0.717) is 5.75 Å². The first kappa shape index (κ1) is 8.98. The van der Waals surface area contributed by atoms with Crippen LogP contribution in [0, 0.1) is 5.41 Å². The number of nitrogens with two attached hydrogens (primary N) is 1. The van der Waals surface area contributed by atoms with Crippen LogP contribution in [0.5, 0.6) is 0 Å². The van der Waals surface area contributed by atoms with Crippen LogP contribution < -0.4 is 5.73 Å². The quantitative estimate of drug-likeness (QED) is 0.450. The lowest BCUT2D eigenvalue weighted by Crippen LogP contribution is -2.39. The van der Waals surface area contributed by atoms with Crippen molar-refractivity contribution in [2.75, 3.05) is 5.75 Å². The summed E-state index contributed by atoms with van der Waals surface area (Å²) in [5.41, 5.74) is 5.27. The highest BCUT2D eigenvalue weighted by molar-refractivity contribution is 7.80. The Balaban J connectivity index is 3.95. The van der Waals surface area contributed by atoms with Crippen molar-refractivity contribution in [1.82, 2.24) is 0 Å². The third-order valence-corrected chi connectivity index (χ3v) is 2.27. The van der Waals surface area contributed by atoms with Gasteiger partial charge in [0.1, 0.15) is 6.29 Å². The van der Waals surface area contributed by atoms with Gasteiger partial charge >= 0.3 is 0 Å². The van der Waals surface area contributed by atoms with Crippen LogP contribution in [0.4, 0.5) is 0 Å². The molecule has 1 unspecified atom stereocenters. The Labute approximate surface area is 61.2 Å². The molecule has 2 nitrogen and oxygen atoms in total. The maximum atomic E-state index is 10.2. The number of aldehydes is 1. The highest BCUT2D eigenvalue weighted by Gasteiger charge is 2.23. The summed E-state index contributed by atoms with van der Waals surface area (Å²) in [6.07, 6.45) is 0.760. The van der Waals surface area contributed by atoms with E-state index in [2.05, 4.69) is 12.6 Å². The Morgan fingerprint density at radius 3 is 2.33 bits per heavy atom. The van der Waals surface area contributed by atoms with Crippen molar-refractivity contribution in [3.8, 4) is 0 Å². The van der Waals surface area contributed by atoms with Crippen LogP contribution in [0.15, 0.2) is 0 Å². The minimum absolute atomic E-state index is 0.176. The van der Waals surface area contributed by atoms with E-state index in [0.717, 1.165) is 6.29 Å². The molecule has 0 aliphatic carbocycles. The van der Waals surface area contributed by atoms with Crippen LogP contribution >= 0.6 is 12.6 Å². The zero-order chi connectivity index (χ0) is 7.49. The van der Waals surface area contributed by atoms with Crippen LogP contribution in [0.25, 0.3) is 0 Å². The fourth-order valence-corrected chi connectivity index (χ4v) is 0.500. The average Bonchev–Trinajstić information content (AvgIpc) is 1.86. The highest BCUT2D eigenvalue weighted by atomic mass is 32.1. The number of carbonyl (C=O) groups excluding carboxylic acids is 1. The lowest BCUT2D eigenvalue weighted by molar-refractivity contribution is -0.110. The van der Waals surface area contributed by atoms with Crippen molar-refractivity contribution < 1.29 is 4.79 Å². The zero-order valence-electron chi connectivity index (χ0n) is 5.79. The number of rotatable bonds is 3. The SMILES string of the molecule is CC(C)(CS)C(N)C=O. The molecule has 0 amide bonds. The van der Waals surface area contributed by atoms with Crippen LogP contribution in [0.1, 0.15) is 13.8 Å². The average molecular weight is 147 g/mol. The summed E-state index contributed by atoms with van der Waals surface area (Å²) < 4.78 is 0. The minimum Gasteiger partial charge on any atom is -0.321 e. The number of carbonyl (C=O) groups is 1. The van der Waals surface area contributed by atoms with Gasteiger partial charge in [0.15, 0.2) is 0 Å². The minimum atomic E-state index is -0.394. The summed E-state index contributed by atoms with van der Waals surface area (Å²) in [6, 6.07) is -0.394. The first-order valence-electron chi connectivity index (χ1n) is 2.86. The van der Waals surface area contributed by atoms with Crippen LogP contribution in [-0.4, -0.2) is 18.1 Å². The summed E-state index contributed by atoms with van der Waals surface area (Å²) in [7, 11) is 0. The first-order valence-corrected chi connectivity index (χ1v) is 3.49. The van der Waals surface area contributed by atoms with E-state index < -0.39 is 6.04 Å². The Kier molecular flexibility index (Phi) is 3.22. The van der Waals surface area contributed by atoms with Crippen LogP contribution in [0.3, 0.4) is 0 Å². The van der Waals surface area contributed by atoms with E-state index in [1.54, 1.807) is 0 Å². The molecular formula is C6H13NOS. The number of thiol groups is 1. The molecule has 9 heavy (non-hydrogen) atoms. The number of hydrogen-bond donors (Lipinski definition) is 2. The second kappa shape index (κ2) is 3.22. The molecule has 0 aromatic carbocycles. The van der Waals surface area contributed by atoms with E-state index in [9.17, 15) is 4.79 Å². The van der Waals surface area contributed by atoms with Gasteiger partial charge < -0.3 is 10.5 Å². The summed E-state index contributed by atoms with van der Waals surface area (Å²) in [5.74, 6) is 0.632. The van der Waals surface area contributed by atoms with E-state index >= 15 is 0 Å². The van der Waals surface area contributed by atoms with Crippen molar-refractivity contribution in [3.63, 3.8) is 0 Å². The predicted octanol–water partition coefficient (Wildman–Crippen LogP) is 0.469. The van der Waals surface area contributed by atoms with E-state index in [4.69, 9.17) is 5.73 Å². The van der Waals surface area contributed by atoms with Gasteiger partial charge in [-0.05, 0) is 11.2 Å². The molecule has 0 bridgehead atoms. The van der Waals surface area contributed by atoms with E-state index in [1.165, 1.54) is 0 Å². The highest BCUT2D eigenvalue weighted by Crippen LogP contribution is 2.18. The van der Waals surface area contributed by atoms with Gasteiger partial charge in [-0.15, -0.1) is 0 Å². The van der Waals surface area contributed by atoms with Crippen molar-refractivity contribution in [1.29, 1.82) is 0 Å². The van der Waals surface area contributed by atoms with Gasteiger partial charge in [0.2, 0.25) is 0 Å². The largest absolute Gasteiger partial charge is 0.321 e. The van der Waals surface area contributed by atoms with Gasteiger partial charge in [0.25, 0.3) is 0 Å². The van der Waals surface area contributed by atoms with Gasteiger partial charge in [0.05, 0.1) is 6.04 Å². The Hall–Kier alpha value is -0.0200. The molecule has 0 radical (unpaired) electrons. The van der Waals surface area contributed by atoms with Crippen molar-refractivity contribution in [2.24, 2.45) is 11.1 Å². The summed E-state index contributed by atoms with van der Waals surface area (Å²) in [6.45, 7) is 3.83. The lowest BCUT2D eigenvalue weighted by atomic mass is 9.88. The molecule has 0 heterocycles. The molecule has 0 fully saturated rings. The smallest absolute Gasteiger partial charge is 0.137 e. The molecule has 0 aromatic heterocycles. The van der Waals surface area contributed by atoms with Crippen LogP contribution in [-0.2, 0) is 4.79 Å². The fraction of sp³-hybridized carbons (Fsp3) is 0.833. The molecule has 0 spiro atoms. The van der Waals surface area contributed by atoms with Crippen LogP contribution in [0.2, 0.25) is 0 Å². The number of hydrogen-bond acceptors (Lipinski definition) is 3. The van der Waals surface area contributed by atoms with Crippen molar-refractivity contribution in [2.45, 2.75) is 19.9 Å². The molecule has 0 saturated heterocycles.